The smallest absolute Gasteiger partial charge is 0.542 e. The first-order chi connectivity index (χ1) is 5.29. The normalized spacial score (nSPS) is 6.92. The fraction of sp³-hybridized carbons (Fsp3) is 0.333. The average molecular weight is 239 g/mol. The number of carboxylic acid groups (broad SMARTS) is 2. The third-order valence-electron chi connectivity index (χ3n) is 0.575. The maximum Gasteiger partial charge on any atom is 2.00 e. The molecule has 0 heterocycles. The largest absolute Gasteiger partial charge is 2.00 e. The summed E-state index contributed by atoms with van der Waals surface area (Å²) in [6.07, 6.45) is 0. The van der Waals surface area contributed by atoms with Crippen LogP contribution in [-0.4, -0.2) is 23.5 Å². The van der Waals surface area contributed by atoms with E-state index in [1.807, 2.05) is 0 Å². The van der Waals surface area contributed by atoms with Crippen LogP contribution < -0.4 is 10.2 Å². The molecular formula is C6H6O6Zn. The molecule has 13 heavy (non-hydrogen) atoms. The Hall–Kier alpha value is -1.10. The molecule has 0 radical (unpaired) electrons. The summed E-state index contributed by atoms with van der Waals surface area (Å²) in [5.41, 5.74) is 0. The van der Waals surface area contributed by atoms with E-state index in [0.717, 1.165) is 13.8 Å². The Bertz CT molecular complexity index is 173. The van der Waals surface area contributed by atoms with Gasteiger partial charge >= 0.3 is 19.5 Å². The van der Waals surface area contributed by atoms with Gasteiger partial charge in [0, 0.05) is 13.8 Å². The van der Waals surface area contributed by atoms with E-state index in [1.54, 1.807) is 0 Å². The standard InChI is InChI=1S/2C3H4O3.Zn/c2*1-2(4)3(5)6;/h2*1H3,(H,5,6);/q;;+2/p-2. The number of hydrogen-bond acceptors (Lipinski definition) is 6. The number of carbonyl (C=O) groups excluding carboxylic acids is 4. The van der Waals surface area contributed by atoms with E-state index < -0.39 is 23.5 Å². The number of carboxylic acids is 2. The molecule has 0 N–H and O–H groups in total. The molecule has 0 aromatic heterocycles. The summed E-state index contributed by atoms with van der Waals surface area (Å²) in [4.78, 5) is 37.4. The van der Waals surface area contributed by atoms with Crippen LogP contribution in [0.1, 0.15) is 13.8 Å². The summed E-state index contributed by atoms with van der Waals surface area (Å²) >= 11 is 0. The molecule has 0 aliphatic rings. The van der Waals surface area contributed by atoms with Crippen LogP contribution in [0.2, 0.25) is 0 Å². The number of aliphatic carboxylic acids is 2. The Labute approximate surface area is 86.7 Å². The SMILES string of the molecule is CC(=O)C(=O)[O-].CC(=O)C(=O)[O-].[Zn+2]. The quantitative estimate of drug-likeness (QED) is 0.367. The first-order valence-electron chi connectivity index (χ1n) is 2.72. The van der Waals surface area contributed by atoms with Crippen molar-refractivity contribution >= 4 is 23.5 Å². The minimum Gasteiger partial charge on any atom is -0.542 e. The molecule has 7 heteroatoms. The van der Waals surface area contributed by atoms with Crippen LogP contribution in [0, 0.1) is 0 Å². The predicted octanol–water partition coefficient (Wildman–Crippen LogP) is -3.35. The zero-order valence-electron chi connectivity index (χ0n) is 7.16. The Morgan fingerprint density at radius 2 is 0.846 bits per heavy atom. The van der Waals surface area contributed by atoms with Crippen LogP contribution in [0.5, 0.6) is 0 Å². The van der Waals surface area contributed by atoms with Gasteiger partial charge in [0.1, 0.15) is 11.9 Å². The van der Waals surface area contributed by atoms with Crippen molar-refractivity contribution in [2.45, 2.75) is 13.8 Å². The fourth-order valence-corrected chi connectivity index (χ4v) is 0. The average Bonchev–Trinajstić information content (AvgIpc) is 1.88. The van der Waals surface area contributed by atoms with E-state index in [4.69, 9.17) is 0 Å². The van der Waals surface area contributed by atoms with E-state index in [9.17, 15) is 29.4 Å². The maximum atomic E-state index is 9.48. The molecule has 6 nitrogen and oxygen atoms in total. The first-order valence-corrected chi connectivity index (χ1v) is 2.72. The van der Waals surface area contributed by atoms with Crippen LogP contribution in [0.25, 0.3) is 0 Å². The molecule has 0 aromatic carbocycles. The second-order valence-corrected chi connectivity index (χ2v) is 1.69. The minimum absolute atomic E-state index is 0. The van der Waals surface area contributed by atoms with Gasteiger partial charge in [0.25, 0.3) is 0 Å². The van der Waals surface area contributed by atoms with Crippen LogP contribution in [-0.2, 0) is 38.7 Å². The third kappa shape index (κ3) is 18.1. The van der Waals surface area contributed by atoms with Gasteiger partial charge in [-0.05, 0) is 0 Å². The Morgan fingerprint density at radius 1 is 0.769 bits per heavy atom. The second-order valence-electron chi connectivity index (χ2n) is 1.69. The van der Waals surface area contributed by atoms with E-state index in [1.165, 1.54) is 0 Å². The van der Waals surface area contributed by atoms with E-state index in [2.05, 4.69) is 0 Å². The molecule has 0 saturated carbocycles. The molecule has 0 fully saturated rings. The van der Waals surface area contributed by atoms with Crippen molar-refractivity contribution in [1.82, 2.24) is 0 Å². The number of hydrogen-bond donors (Lipinski definition) is 0. The van der Waals surface area contributed by atoms with Crippen molar-refractivity contribution in [3.8, 4) is 0 Å². The molecule has 0 amide bonds. The molecule has 0 aromatic rings. The number of carbonyl (C=O) groups is 4. The zero-order chi connectivity index (χ0) is 10.3. The van der Waals surface area contributed by atoms with Crippen molar-refractivity contribution in [3.63, 3.8) is 0 Å². The van der Waals surface area contributed by atoms with Crippen molar-refractivity contribution in [3.05, 3.63) is 0 Å². The van der Waals surface area contributed by atoms with Crippen molar-refractivity contribution in [1.29, 1.82) is 0 Å². The Balaban J connectivity index is -0.000000143. The maximum absolute atomic E-state index is 9.48. The van der Waals surface area contributed by atoms with Gasteiger partial charge < -0.3 is 19.8 Å². The molecule has 0 aliphatic carbocycles. The van der Waals surface area contributed by atoms with Gasteiger partial charge in [-0.1, -0.05) is 0 Å². The predicted molar refractivity (Wildman–Crippen MR) is 31.4 cm³/mol. The second kappa shape index (κ2) is 9.00. The summed E-state index contributed by atoms with van der Waals surface area (Å²) < 4.78 is 0. The van der Waals surface area contributed by atoms with Gasteiger partial charge in [0.15, 0.2) is 11.6 Å². The summed E-state index contributed by atoms with van der Waals surface area (Å²) in [5.74, 6) is -5.13. The van der Waals surface area contributed by atoms with Crippen LogP contribution in [0.4, 0.5) is 0 Å². The van der Waals surface area contributed by atoms with E-state index in [0.29, 0.717) is 0 Å². The van der Waals surface area contributed by atoms with Crippen molar-refractivity contribution in [2.75, 3.05) is 0 Å². The van der Waals surface area contributed by atoms with Crippen molar-refractivity contribution in [2.24, 2.45) is 0 Å². The van der Waals surface area contributed by atoms with E-state index >= 15 is 0 Å². The van der Waals surface area contributed by atoms with Crippen LogP contribution in [0.3, 0.4) is 0 Å². The fourth-order valence-electron chi connectivity index (χ4n) is 0. The topological polar surface area (TPSA) is 114 Å². The number of ketones is 2. The summed E-state index contributed by atoms with van der Waals surface area (Å²) in [7, 11) is 0. The van der Waals surface area contributed by atoms with Gasteiger partial charge in [0.05, 0.1) is 0 Å². The monoisotopic (exact) mass is 238 g/mol. The molecule has 0 saturated heterocycles. The zero-order valence-corrected chi connectivity index (χ0v) is 10.1. The van der Waals surface area contributed by atoms with Gasteiger partial charge in [-0.25, -0.2) is 0 Å². The summed E-state index contributed by atoms with van der Waals surface area (Å²) in [6, 6.07) is 0. The van der Waals surface area contributed by atoms with E-state index in [-0.39, 0.29) is 19.5 Å². The van der Waals surface area contributed by atoms with Crippen LogP contribution >= 0.6 is 0 Å². The van der Waals surface area contributed by atoms with Gasteiger partial charge in [-0.15, -0.1) is 0 Å². The molecule has 0 unspecified atom stereocenters. The Morgan fingerprint density at radius 3 is 0.846 bits per heavy atom. The minimum atomic E-state index is -1.63. The molecule has 0 bridgehead atoms. The van der Waals surface area contributed by atoms with Gasteiger partial charge in [-0.2, -0.15) is 0 Å². The molecular weight excluding hydrogens is 233 g/mol. The van der Waals surface area contributed by atoms with Gasteiger partial charge in [-0.3, -0.25) is 9.59 Å². The summed E-state index contributed by atoms with van der Waals surface area (Å²) in [5, 5.41) is 18.5. The number of Topliss-reactive ketones (excluding diaryl/α,β-unsaturated/α-hetero) is 2. The van der Waals surface area contributed by atoms with Gasteiger partial charge in [0.2, 0.25) is 0 Å². The van der Waals surface area contributed by atoms with Crippen LogP contribution in [0.15, 0.2) is 0 Å². The molecule has 0 rings (SSSR count). The molecule has 0 atom stereocenters. The summed E-state index contributed by atoms with van der Waals surface area (Å²) in [6.45, 7) is 1.88. The molecule has 0 aliphatic heterocycles. The molecule has 68 valence electrons. The first kappa shape index (κ1) is 17.9. The Kier molecular flexibility index (Phi) is 12.4. The molecule has 0 spiro atoms. The third-order valence-corrected chi connectivity index (χ3v) is 0.575. The van der Waals surface area contributed by atoms with Crippen molar-refractivity contribution < 1.29 is 48.9 Å². The number of rotatable bonds is 2.